The SMILES string of the molecule is Cc1cccc(C)c1-n1cc(-c2ccccc2)c(=S)s1. The molecule has 3 heteroatoms. The molecule has 0 spiro atoms. The Morgan fingerprint density at radius 2 is 1.55 bits per heavy atom. The molecule has 1 aromatic heterocycles. The fourth-order valence-corrected chi connectivity index (χ4v) is 3.80. The van der Waals surface area contributed by atoms with Gasteiger partial charge in [-0.3, -0.25) is 3.96 Å². The predicted octanol–water partition coefficient (Wildman–Crippen LogP) is 5.55. The second-order valence-corrected chi connectivity index (χ2v) is 6.50. The molecule has 0 fully saturated rings. The summed E-state index contributed by atoms with van der Waals surface area (Å²) in [5.74, 6) is 0. The number of nitrogens with zero attached hydrogens (tertiary/aromatic N) is 1. The Morgan fingerprint density at radius 1 is 0.900 bits per heavy atom. The van der Waals surface area contributed by atoms with E-state index < -0.39 is 0 Å². The van der Waals surface area contributed by atoms with Crippen LogP contribution in [0.3, 0.4) is 0 Å². The van der Waals surface area contributed by atoms with Gasteiger partial charge in [0.15, 0.2) is 0 Å². The van der Waals surface area contributed by atoms with Gasteiger partial charge in [-0.2, -0.15) is 0 Å². The van der Waals surface area contributed by atoms with E-state index in [0.717, 1.165) is 9.39 Å². The van der Waals surface area contributed by atoms with Gasteiger partial charge in [-0.05, 0) is 42.1 Å². The zero-order valence-electron chi connectivity index (χ0n) is 11.5. The van der Waals surface area contributed by atoms with Crippen molar-refractivity contribution in [3.63, 3.8) is 0 Å². The molecule has 20 heavy (non-hydrogen) atoms. The Kier molecular flexibility index (Phi) is 3.55. The molecule has 0 aliphatic carbocycles. The van der Waals surface area contributed by atoms with E-state index >= 15 is 0 Å². The summed E-state index contributed by atoms with van der Waals surface area (Å²) >= 11 is 7.16. The van der Waals surface area contributed by atoms with Gasteiger partial charge in [0.25, 0.3) is 0 Å². The molecule has 3 rings (SSSR count). The standard InChI is InChI=1S/C17H15NS2/c1-12-7-6-8-13(2)16(12)18-11-15(17(19)20-18)14-9-4-3-5-10-14/h3-11H,1-2H3. The quantitative estimate of drug-likeness (QED) is 0.561. The highest BCUT2D eigenvalue weighted by atomic mass is 32.2. The second-order valence-electron chi connectivity index (χ2n) is 4.85. The van der Waals surface area contributed by atoms with Crippen LogP contribution in [-0.2, 0) is 0 Å². The fourth-order valence-electron chi connectivity index (χ4n) is 2.41. The number of benzene rings is 2. The van der Waals surface area contributed by atoms with Crippen molar-refractivity contribution in [2.45, 2.75) is 13.8 Å². The third-order valence-corrected chi connectivity index (χ3v) is 4.71. The molecule has 2 aromatic carbocycles. The summed E-state index contributed by atoms with van der Waals surface area (Å²) in [6, 6.07) is 16.7. The summed E-state index contributed by atoms with van der Waals surface area (Å²) in [4.78, 5) is 0. The highest BCUT2D eigenvalue weighted by molar-refractivity contribution is 7.73. The van der Waals surface area contributed by atoms with Crippen molar-refractivity contribution in [3.8, 4) is 16.8 Å². The monoisotopic (exact) mass is 297 g/mol. The average Bonchev–Trinajstić information content (AvgIpc) is 2.81. The van der Waals surface area contributed by atoms with Gasteiger partial charge in [0.2, 0.25) is 0 Å². The van der Waals surface area contributed by atoms with Gasteiger partial charge in [0.1, 0.15) is 3.82 Å². The molecule has 0 saturated carbocycles. The molecule has 0 N–H and O–H groups in total. The van der Waals surface area contributed by atoms with Crippen LogP contribution in [0.15, 0.2) is 54.7 Å². The number of para-hydroxylation sites is 1. The first kappa shape index (κ1) is 13.3. The number of aromatic nitrogens is 1. The van der Waals surface area contributed by atoms with E-state index in [0.29, 0.717) is 0 Å². The largest absolute Gasteiger partial charge is 0.271 e. The van der Waals surface area contributed by atoms with E-state index in [1.165, 1.54) is 22.4 Å². The van der Waals surface area contributed by atoms with Crippen LogP contribution < -0.4 is 0 Å². The van der Waals surface area contributed by atoms with Gasteiger partial charge in [0, 0.05) is 11.8 Å². The van der Waals surface area contributed by atoms with Crippen LogP contribution in [0.5, 0.6) is 0 Å². The number of aryl methyl sites for hydroxylation is 2. The first-order chi connectivity index (χ1) is 9.66. The molecule has 0 amide bonds. The number of hydrogen-bond donors (Lipinski definition) is 0. The van der Waals surface area contributed by atoms with Crippen LogP contribution >= 0.6 is 23.8 Å². The van der Waals surface area contributed by atoms with Gasteiger partial charge >= 0.3 is 0 Å². The topological polar surface area (TPSA) is 4.93 Å². The Bertz CT molecular complexity index is 777. The van der Waals surface area contributed by atoms with E-state index in [-0.39, 0.29) is 0 Å². The van der Waals surface area contributed by atoms with E-state index in [2.05, 4.69) is 54.3 Å². The van der Waals surface area contributed by atoms with Crippen molar-refractivity contribution < 1.29 is 0 Å². The van der Waals surface area contributed by atoms with Crippen LogP contribution in [0.2, 0.25) is 0 Å². The van der Waals surface area contributed by atoms with Gasteiger partial charge in [-0.25, -0.2) is 0 Å². The van der Waals surface area contributed by atoms with E-state index in [1.807, 2.05) is 18.2 Å². The molecule has 3 aromatic rings. The van der Waals surface area contributed by atoms with Gasteiger partial charge in [-0.1, -0.05) is 60.7 Å². The summed E-state index contributed by atoms with van der Waals surface area (Å²) in [5, 5.41) is 0. The van der Waals surface area contributed by atoms with Crippen molar-refractivity contribution in [3.05, 3.63) is 69.7 Å². The predicted molar refractivity (Wildman–Crippen MR) is 89.4 cm³/mol. The smallest absolute Gasteiger partial charge is 0.117 e. The van der Waals surface area contributed by atoms with Crippen LogP contribution in [0.1, 0.15) is 11.1 Å². The molecular formula is C17H15NS2. The van der Waals surface area contributed by atoms with Crippen molar-refractivity contribution >= 4 is 23.8 Å². The molecular weight excluding hydrogens is 282 g/mol. The lowest BCUT2D eigenvalue weighted by atomic mass is 10.1. The van der Waals surface area contributed by atoms with Crippen molar-refractivity contribution in [1.29, 1.82) is 0 Å². The van der Waals surface area contributed by atoms with Gasteiger partial charge in [-0.15, -0.1) is 0 Å². The summed E-state index contributed by atoms with van der Waals surface area (Å²) < 4.78 is 3.12. The lowest BCUT2D eigenvalue weighted by molar-refractivity contribution is 1.14. The Hall–Kier alpha value is -1.71. The average molecular weight is 297 g/mol. The minimum atomic E-state index is 0.929. The van der Waals surface area contributed by atoms with Crippen molar-refractivity contribution in [1.82, 2.24) is 3.96 Å². The molecule has 0 saturated heterocycles. The molecule has 1 nitrogen and oxygen atoms in total. The minimum absolute atomic E-state index is 0.929. The Balaban J connectivity index is 2.17. The van der Waals surface area contributed by atoms with E-state index in [4.69, 9.17) is 12.2 Å². The van der Waals surface area contributed by atoms with Crippen LogP contribution in [0, 0.1) is 17.7 Å². The lowest BCUT2D eigenvalue weighted by Crippen LogP contribution is -1.94. The van der Waals surface area contributed by atoms with Crippen LogP contribution in [0.25, 0.3) is 16.8 Å². The lowest BCUT2D eigenvalue weighted by Gasteiger charge is -2.09. The second kappa shape index (κ2) is 5.35. The Labute approximate surface area is 128 Å². The third-order valence-electron chi connectivity index (χ3n) is 3.39. The molecule has 0 aliphatic rings. The first-order valence-electron chi connectivity index (χ1n) is 6.52. The van der Waals surface area contributed by atoms with Crippen molar-refractivity contribution in [2.75, 3.05) is 0 Å². The Morgan fingerprint density at radius 3 is 2.20 bits per heavy atom. The summed E-state index contributed by atoms with van der Waals surface area (Å²) in [6.07, 6.45) is 2.15. The maximum absolute atomic E-state index is 5.54. The first-order valence-corrected chi connectivity index (χ1v) is 7.70. The number of rotatable bonds is 2. The third kappa shape index (κ3) is 2.35. The maximum atomic E-state index is 5.54. The molecule has 1 heterocycles. The molecule has 0 aliphatic heterocycles. The van der Waals surface area contributed by atoms with Gasteiger partial charge < -0.3 is 0 Å². The van der Waals surface area contributed by atoms with Crippen LogP contribution in [0.4, 0.5) is 0 Å². The maximum Gasteiger partial charge on any atom is 0.117 e. The fraction of sp³-hybridized carbons (Fsp3) is 0.118. The summed E-state index contributed by atoms with van der Waals surface area (Å²) in [5.41, 5.74) is 6.09. The normalized spacial score (nSPS) is 10.7. The highest BCUT2D eigenvalue weighted by Crippen LogP contribution is 2.29. The summed E-state index contributed by atoms with van der Waals surface area (Å²) in [7, 11) is 0. The van der Waals surface area contributed by atoms with E-state index in [9.17, 15) is 0 Å². The van der Waals surface area contributed by atoms with Crippen LogP contribution in [-0.4, -0.2) is 3.96 Å². The minimum Gasteiger partial charge on any atom is -0.271 e. The molecule has 0 bridgehead atoms. The zero-order valence-corrected chi connectivity index (χ0v) is 13.1. The molecule has 0 atom stereocenters. The highest BCUT2D eigenvalue weighted by Gasteiger charge is 2.09. The zero-order chi connectivity index (χ0) is 14.1. The number of hydrogen-bond acceptors (Lipinski definition) is 2. The molecule has 0 radical (unpaired) electrons. The van der Waals surface area contributed by atoms with E-state index in [1.54, 1.807) is 11.5 Å². The van der Waals surface area contributed by atoms with Gasteiger partial charge in [0.05, 0.1) is 5.69 Å². The molecule has 100 valence electrons. The summed E-state index contributed by atoms with van der Waals surface area (Å²) in [6.45, 7) is 4.28. The molecule has 0 unspecified atom stereocenters. The van der Waals surface area contributed by atoms with Crippen molar-refractivity contribution in [2.24, 2.45) is 0 Å².